The molecule has 1 aliphatic carbocycles. The lowest BCUT2D eigenvalue weighted by atomic mass is 9.86. The Labute approximate surface area is 125 Å². The lowest BCUT2D eigenvalue weighted by Gasteiger charge is -2.22. The van der Waals surface area contributed by atoms with Gasteiger partial charge in [-0.15, -0.1) is 0 Å². The third kappa shape index (κ3) is 1.71. The molecule has 0 aromatic heterocycles. The first-order chi connectivity index (χ1) is 10.1. The average Bonchev–Trinajstić information content (AvgIpc) is 3.01. The minimum Gasteiger partial charge on any atom is -0.492 e. The van der Waals surface area contributed by atoms with Crippen molar-refractivity contribution in [2.24, 2.45) is 5.73 Å². The van der Waals surface area contributed by atoms with Gasteiger partial charge in [-0.05, 0) is 26.7 Å². The van der Waals surface area contributed by atoms with E-state index in [1.54, 1.807) is 7.11 Å². The molecule has 1 saturated carbocycles. The molecule has 4 heteroatoms. The van der Waals surface area contributed by atoms with Crippen LogP contribution in [0.15, 0.2) is 0 Å². The molecule has 3 aliphatic rings. The maximum Gasteiger partial charge on any atom is 0.168 e. The number of ether oxygens (including phenoxy) is 3. The molecular formula is C17H23NO3. The number of hydrogen-bond donors (Lipinski definition) is 1. The minimum absolute atomic E-state index is 0.109. The quantitative estimate of drug-likeness (QED) is 0.928. The van der Waals surface area contributed by atoms with Gasteiger partial charge in [0.05, 0.1) is 7.11 Å². The predicted molar refractivity (Wildman–Crippen MR) is 80.5 cm³/mol. The van der Waals surface area contributed by atoms with Crippen LogP contribution < -0.4 is 19.9 Å². The van der Waals surface area contributed by atoms with E-state index in [2.05, 4.69) is 13.8 Å². The van der Waals surface area contributed by atoms with Crippen molar-refractivity contribution in [2.45, 2.75) is 57.2 Å². The summed E-state index contributed by atoms with van der Waals surface area (Å²) in [4.78, 5) is 0. The second-order valence-electron chi connectivity index (χ2n) is 6.77. The zero-order valence-electron chi connectivity index (χ0n) is 13.0. The first-order valence-corrected chi connectivity index (χ1v) is 7.89. The first-order valence-electron chi connectivity index (χ1n) is 7.89. The fourth-order valence-corrected chi connectivity index (χ4v) is 3.96. The summed E-state index contributed by atoms with van der Waals surface area (Å²) in [6.07, 6.45) is 4.51. The Bertz CT molecular complexity index is 568. The van der Waals surface area contributed by atoms with E-state index in [0.29, 0.717) is 6.54 Å². The number of benzene rings is 1. The van der Waals surface area contributed by atoms with E-state index < -0.39 is 0 Å². The molecule has 0 spiro atoms. The van der Waals surface area contributed by atoms with Crippen LogP contribution >= 0.6 is 0 Å². The van der Waals surface area contributed by atoms with E-state index in [0.717, 1.165) is 42.9 Å². The largest absolute Gasteiger partial charge is 0.492 e. The zero-order valence-corrected chi connectivity index (χ0v) is 13.0. The molecule has 4 rings (SSSR count). The lowest BCUT2D eigenvalue weighted by molar-refractivity contribution is 0.242. The second-order valence-corrected chi connectivity index (χ2v) is 6.77. The van der Waals surface area contributed by atoms with Crippen LogP contribution in [0.25, 0.3) is 0 Å². The normalized spacial score (nSPS) is 27.6. The molecule has 0 amide bonds. The predicted octanol–water partition coefficient (Wildman–Crippen LogP) is 2.33. The molecule has 0 saturated heterocycles. The summed E-state index contributed by atoms with van der Waals surface area (Å²) in [5, 5.41) is 0. The van der Waals surface area contributed by atoms with Crippen LogP contribution in [0, 0.1) is 0 Å². The molecule has 2 unspecified atom stereocenters. The third-order valence-electron chi connectivity index (χ3n) is 5.16. The molecule has 0 radical (unpaired) electrons. The van der Waals surface area contributed by atoms with Crippen molar-refractivity contribution >= 4 is 0 Å². The van der Waals surface area contributed by atoms with E-state index in [9.17, 15) is 0 Å². The van der Waals surface area contributed by atoms with Gasteiger partial charge < -0.3 is 19.9 Å². The number of hydrogen-bond acceptors (Lipinski definition) is 4. The summed E-state index contributed by atoms with van der Waals surface area (Å²) >= 11 is 0. The van der Waals surface area contributed by atoms with Crippen LogP contribution in [-0.4, -0.2) is 25.9 Å². The van der Waals surface area contributed by atoms with E-state index in [1.165, 1.54) is 16.7 Å². The van der Waals surface area contributed by atoms with E-state index in [-0.39, 0.29) is 17.6 Å². The van der Waals surface area contributed by atoms with Gasteiger partial charge in [0.1, 0.15) is 18.0 Å². The van der Waals surface area contributed by atoms with E-state index in [1.807, 2.05) is 0 Å². The maximum atomic E-state index is 6.18. The van der Waals surface area contributed by atoms with Crippen LogP contribution in [0.4, 0.5) is 0 Å². The third-order valence-corrected chi connectivity index (χ3v) is 5.16. The Balaban J connectivity index is 1.99. The molecule has 1 aromatic rings. The zero-order chi connectivity index (χ0) is 14.8. The summed E-state index contributed by atoms with van der Waals surface area (Å²) in [6, 6.07) is 0. The van der Waals surface area contributed by atoms with Crippen LogP contribution in [-0.2, 0) is 18.3 Å². The second kappa shape index (κ2) is 4.29. The fourth-order valence-electron chi connectivity index (χ4n) is 3.96. The molecule has 2 atom stereocenters. The molecule has 0 bridgehead atoms. The average molecular weight is 289 g/mol. The molecule has 2 heterocycles. The molecule has 2 N–H and O–H groups in total. The van der Waals surface area contributed by atoms with Crippen molar-refractivity contribution in [3.63, 3.8) is 0 Å². The summed E-state index contributed by atoms with van der Waals surface area (Å²) in [7, 11) is 1.72. The van der Waals surface area contributed by atoms with Crippen LogP contribution in [0.1, 0.15) is 43.4 Å². The minimum atomic E-state index is 0.109. The van der Waals surface area contributed by atoms with Gasteiger partial charge in [-0.3, -0.25) is 0 Å². The standard InChI is InChI=1S/C17H23NO3/c1-9-6-11-13(17(8-18)4-5-17)14-12(7-10(2)20-14)15(19-3)16(11)21-9/h9-10H,4-8,18H2,1-3H3. The van der Waals surface area contributed by atoms with Crippen molar-refractivity contribution in [1.29, 1.82) is 0 Å². The van der Waals surface area contributed by atoms with Crippen LogP contribution in [0.5, 0.6) is 17.2 Å². The Kier molecular flexibility index (Phi) is 2.71. The highest BCUT2D eigenvalue weighted by atomic mass is 16.5. The van der Waals surface area contributed by atoms with Crippen molar-refractivity contribution < 1.29 is 14.2 Å². The summed E-state index contributed by atoms with van der Waals surface area (Å²) in [6.45, 7) is 4.91. The highest BCUT2D eigenvalue weighted by Crippen LogP contribution is 2.60. The maximum absolute atomic E-state index is 6.18. The van der Waals surface area contributed by atoms with E-state index >= 15 is 0 Å². The van der Waals surface area contributed by atoms with Gasteiger partial charge >= 0.3 is 0 Å². The van der Waals surface area contributed by atoms with Gasteiger partial charge in [-0.25, -0.2) is 0 Å². The summed E-state index contributed by atoms with van der Waals surface area (Å²) in [5.74, 6) is 2.86. The number of rotatable bonds is 3. The Morgan fingerprint density at radius 1 is 1.10 bits per heavy atom. The van der Waals surface area contributed by atoms with Crippen molar-refractivity contribution in [2.75, 3.05) is 13.7 Å². The molecule has 21 heavy (non-hydrogen) atoms. The van der Waals surface area contributed by atoms with Gasteiger partial charge in [-0.1, -0.05) is 0 Å². The Hall–Kier alpha value is -1.42. The van der Waals surface area contributed by atoms with Gasteiger partial charge in [0.25, 0.3) is 0 Å². The molecule has 114 valence electrons. The summed E-state index contributed by atoms with van der Waals surface area (Å²) < 4.78 is 17.9. The SMILES string of the molecule is COc1c2c(c(C3(CN)CC3)c3c1OC(C)C3)OC(C)C2. The monoisotopic (exact) mass is 289 g/mol. The highest BCUT2D eigenvalue weighted by molar-refractivity contribution is 5.68. The van der Waals surface area contributed by atoms with Gasteiger partial charge in [0.2, 0.25) is 0 Å². The lowest BCUT2D eigenvalue weighted by Crippen LogP contribution is -2.22. The van der Waals surface area contributed by atoms with Crippen LogP contribution in [0.2, 0.25) is 0 Å². The van der Waals surface area contributed by atoms with Gasteiger partial charge in [0.15, 0.2) is 11.5 Å². The highest BCUT2D eigenvalue weighted by Gasteiger charge is 2.50. The van der Waals surface area contributed by atoms with Crippen LogP contribution in [0.3, 0.4) is 0 Å². The smallest absolute Gasteiger partial charge is 0.168 e. The fraction of sp³-hybridized carbons (Fsp3) is 0.647. The molecule has 1 aromatic carbocycles. The Morgan fingerprint density at radius 3 is 2.29 bits per heavy atom. The number of nitrogens with two attached hydrogens (primary N) is 1. The van der Waals surface area contributed by atoms with Crippen molar-refractivity contribution in [1.82, 2.24) is 0 Å². The summed E-state index contributed by atoms with van der Waals surface area (Å²) in [5.41, 5.74) is 9.98. The number of fused-ring (bicyclic) bond motifs is 2. The Morgan fingerprint density at radius 2 is 1.71 bits per heavy atom. The molecular weight excluding hydrogens is 266 g/mol. The van der Waals surface area contributed by atoms with Crippen molar-refractivity contribution in [3.05, 3.63) is 16.7 Å². The molecule has 2 aliphatic heterocycles. The van der Waals surface area contributed by atoms with Gasteiger partial charge in [-0.2, -0.15) is 0 Å². The van der Waals surface area contributed by atoms with Crippen molar-refractivity contribution in [3.8, 4) is 17.2 Å². The van der Waals surface area contributed by atoms with E-state index in [4.69, 9.17) is 19.9 Å². The molecule has 4 nitrogen and oxygen atoms in total. The topological polar surface area (TPSA) is 53.7 Å². The number of methoxy groups -OCH3 is 1. The molecule has 1 fully saturated rings. The first kappa shape index (κ1) is 13.3. The van der Waals surface area contributed by atoms with Gasteiger partial charge in [0, 0.05) is 41.5 Å².